The minimum absolute atomic E-state index is 0.196. The molecule has 6 nitrogen and oxygen atoms in total. The van der Waals surface area contributed by atoms with Crippen molar-refractivity contribution in [3.63, 3.8) is 0 Å². The standard InChI is InChI=1S/C21H23N5OS/c1-20-5-6-21(2,25-20)12-14(11-20)9-18-23-24-19(28-18)16-4-3-15(10-17(16)27)26-8-7-22-13-26/h3-4,7-10,13,25,27H,5-6,11-12H2,1-2H3/b14-9-/t20-,21+/m0/s1. The Labute approximate surface area is 168 Å². The first-order chi connectivity index (χ1) is 13.4. The smallest absolute Gasteiger partial charge is 0.151 e. The summed E-state index contributed by atoms with van der Waals surface area (Å²) in [6, 6.07) is 5.56. The second-order valence-corrected chi connectivity index (χ2v) is 9.53. The number of imidazole rings is 1. The van der Waals surface area contributed by atoms with E-state index in [1.54, 1.807) is 18.6 Å². The van der Waals surface area contributed by atoms with Gasteiger partial charge in [-0.05, 0) is 57.7 Å². The van der Waals surface area contributed by atoms with Crippen LogP contribution in [0.4, 0.5) is 0 Å². The van der Waals surface area contributed by atoms with E-state index in [4.69, 9.17) is 0 Å². The number of fused-ring (bicyclic) bond motifs is 2. The van der Waals surface area contributed by atoms with Crippen molar-refractivity contribution in [2.75, 3.05) is 0 Å². The van der Waals surface area contributed by atoms with Crippen LogP contribution in [0, 0.1) is 0 Å². The third-order valence-electron chi connectivity index (χ3n) is 5.85. The van der Waals surface area contributed by atoms with Crippen LogP contribution in [0.5, 0.6) is 5.75 Å². The highest BCUT2D eigenvalue weighted by molar-refractivity contribution is 7.15. The molecule has 2 aromatic heterocycles. The summed E-state index contributed by atoms with van der Waals surface area (Å²) in [6.07, 6.45) is 12.0. The third kappa shape index (κ3) is 3.14. The van der Waals surface area contributed by atoms with E-state index in [1.807, 2.05) is 22.9 Å². The first kappa shape index (κ1) is 17.6. The Hall–Kier alpha value is -2.51. The number of benzene rings is 1. The molecule has 3 aromatic rings. The van der Waals surface area contributed by atoms with Crippen molar-refractivity contribution in [3.8, 4) is 22.0 Å². The van der Waals surface area contributed by atoms with Crippen LogP contribution < -0.4 is 5.32 Å². The molecule has 1 aromatic carbocycles. The number of phenols is 1. The molecule has 0 saturated carbocycles. The number of aromatic hydroxyl groups is 1. The molecule has 28 heavy (non-hydrogen) atoms. The largest absolute Gasteiger partial charge is 0.507 e. The average molecular weight is 394 g/mol. The number of hydrogen-bond donors (Lipinski definition) is 2. The molecule has 0 unspecified atom stereocenters. The normalized spacial score (nSPS) is 28.1. The number of rotatable bonds is 3. The van der Waals surface area contributed by atoms with Gasteiger partial charge in [-0.3, -0.25) is 0 Å². The fourth-order valence-corrected chi connectivity index (χ4v) is 5.56. The van der Waals surface area contributed by atoms with Crippen molar-refractivity contribution in [2.24, 2.45) is 0 Å². The Morgan fingerprint density at radius 3 is 2.64 bits per heavy atom. The first-order valence-corrected chi connectivity index (χ1v) is 10.4. The monoisotopic (exact) mass is 393 g/mol. The van der Waals surface area contributed by atoms with Gasteiger partial charge in [0.05, 0.1) is 17.6 Å². The molecular weight excluding hydrogens is 370 g/mol. The zero-order valence-corrected chi connectivity index (χ0v) is 16.8. The molecule has 0 amide bonds. The molecule has 0 aliphatic carbocycles. The van der Waals surface area contributed by atoms with Crippen molar-refractivity contribution in [1.29, 1.82) is 0 Å². The van der Waals surface area contributed by atoms with Crippen LogP contribution in [0.15, 0.2) is 42.5 Å². The quantitative estimate of drug-likeness (QED) is 0.698. The lowest BCUT2D eigenvalue weighted by Crippen LogP contribution is -2.51. The van der Waals surface area contributed by atoms with E-state index in [-0.39, 0.29) is 16.8 Å². The summed E-state index contributed by atoms with van der Waals surface area (Å²) in [7, 11) is 0. The summed E-state index contributed by atoms with van der Waals surface area (Å²) in [5.41, 5.74) is 3.40. The molecule has 2 bridgehead atoms. The van der Waals surface area contributed by atoms with Crippen molar-refractivity contribution in [3.05, 3.63) is 47.5 Å². The minimum Gasteiger partial charge on any atom is -0.507 e. The van der Waals surface area contributed by atoms with Crippen LogP contribution in [0.25, 0.3) is 22.3 Å². The molecule has 2 saturated heterocycles. The Balaban J connectivity index is 1.41. The summed E-state index contributed by atoms with van der Waals surface area (Å²) < 4.78 is 1.85. The number of hydrogen-bond acceptors (Lipinski definition) is 6. The third-order valence-corrected chi connectivity index (χ3v) is 6.75. The van der Waals surface area contributed by atoms with E-state index in [9.17, 15) is 5.11 Å². The molecular formula is C21H23N5OS. The topological polar surface area (TPSA) is 75.9 Å². The maximum atomic E-state index is 10.5. The maximum Gasteiger partial charge on any atom is 0.151 e. The van der Waals surface area contributed by atoms with Gasteiger partial charge in [0.15, 0.2) is 5.01 Å². The van der Waals surface area contributed by atoms with Crippen molar-refractivity contribution < 1.29 is 5.11 Å². The second kappa shape index (κ2) is 6.25. The van der Waals surface area contributed by atoms with E-state index in [0.717, 1.165) is 28.5 Å². The molecule has 2 fully saturated rings. The number of piperidine rings is 1. The Morgan fingerprint density at radius 1 is 1.18 bits per heavy atom. The molecule has 4 heterocycles. The Kier molecular flexibility index (Phi) is 3.93. The van der Waals surface area contributed by atoms with Crippen LogP contribution in [0.2, 0.25) is 0 Å². The zero-order valence-electron chi connectivity index (χ0n) is 16.0. The van der Waals surface area contributed by atoms with Crippen molar-refractivity contribution >= 4 is 17.4 Å². The maximum absolute atomic E-state index is 10.5. The fourth-order valence-electron chi connectivity index (χ4n) is 4.69. The van der Waals surface area contributed by atoms with Gasteiger partial charge in [0.2, 0.25) is 0 Å². The predicted molar refractivity (Wildman–Crippen MR) is 111 cm³/mol. The summed E-state index contributed by atoms with van der Waals surface area (Å²) >= 11 is 1.52. The van der Waals surface area contributed by atoms with Gasteiger partial charge in [0, 0.05) is 29.5 Å². The van der Waals surface area contributed by atoms with Crippen LogP contribution in [-0.2, 0) is 0 Å². The second-order valence-electron chi connectivity index (χ2n) is 8.52. The molecule has 0 spiro atoms. The number of aromatic nitrogens is 4. The molecule has 2 aliphatic rings. The highest BCUT2D eigenvalue weighted by atomic mass is 32.1. The molecule has 2 aliphatic heterocycles. The van der Waals surface area contributed by atoms with Gasteiger partial charge in [-0.15, -0.1) is 10.2 Å². The Bertz CT molecular complexity index is 1040. The van der Waals surface area contributed by atoms with Gasteiger partial charge < -0.3 is 15.0 Å². The van der Waals surface area contributed by atoms with Gasteiger partial charge in [-0.1, -0.05) is 16.9 Å². The molecule has 2 atom stereocenters. The van der Waals surface area contributed by atoms with Crippen LogP contribution >= 0.6 is 11.3 Å². The predicted octanol–water partition coefficient (Wildman–Crippen LogP) is 4.17. The lowest BCUT2D eigenvalue weighted by molar-refractivity contribution is 0.282. The SMILES string of the molecule is C[C@]12CC[C@](C)(C/C(=C\c3nnc(-c4ccc(-n5ccnc5)cc4O)s3)C1)N2. The van der Waals surface area contributed by atoms with Crippen LogP contribution in [0.3, 0.4) is 0 Å². The number of phenolic OH excluding ortho intramolecular Hbond substituents is 1. The van der Waals surface area contributed by atoms with Gasteiger partial charge in [0.25, 0.3) is 0 Å². The zero-order chi connectivity index (χ0) is 19.4. The summed E-state index contributed by atoms with van der Waals surface area (Å²) in [5.74, 6) is 0.196. The summed E-state index contributed by atoms with van der Waals surface area (Å²) in [4.78, 5) is 4.04. The van der Waals surface area contributed by atoms with Gasteiger partial charge in [-0.25, -0.2) is 4.98 Å². The lowest BCUT2D eigenvalue weighted by Gasteiger charge is -2.38. The van der Waals surface area contributed by atoms with Crippen LogP contribution in [0.1, 0.15) is 44.5 Å². The summed E-state index contributed by atoms with van der Waals surface area (Å²) in [6.45, 7) is 4.63. The first-order valence-electron chi connectivity index (χ1n) is 9.56. The van der Waals surface area contributed by atoms with Gasteiger partial charge in [-0.2, -0.15) is 0 Å². The highest BCUT2D eigenvalue weighted by Crippen LogP contribution is 2.45. The van der Waals surface area contributed by atoms with Gasteiger partial charge in [0.1, 0.15) is 10.8 Å². The molecule has 2 N–H and O–H groups in total. The van der Waals surface area contributed by atoms with Crippen LogP contribution in [-0.4, -0.2) is 35.9 Å². The van der Waals surface area contributed by atoms with Crippen molar-refractivity contribution in [1.82, 2.24) is 25.1 Å². The van der Waals surface area contributed by atoms with E-state index in [1.165, 1.54) is 29.8 Å². The molecule has 144 valence electrons. The summed E-state index contributed by atoms with van der Waals surface area (Å²) in [5, 5.41) is 24.6. The van der Waals surface area contributed by atoms with Gasteiger partial charge >= 0.3 is 0 Å². The van der Waals surface area contributed by atoms with E-state index >= 15 is 0 Å². The highest BCUT2D eigenvalue weighted by Gasteiger charge is 2.46. The average Bonchev–Trinajstić information content (AvgIpc) is 3.35. The lowest BCUT2D eigenvalue weighted by atomic mass is 9.84. The molecule has 0 radical (unpaired) electrons. The molecule has 7 heteroatoms. The molecule has 5 rings (SSSR count). The minimum atomic E-state index is 0.196. The Morgan fingerprint density at radius 2 is 1.96 bits per heavy atom. The van der Waals surface area contributed by atoms with E-state index in [0.29, 0.717) is 5.56 Å². The van der Waals surface area contributed by atoms with Crippen molar-refractivity contribution in [2.45, 2.75) is 50.6 Å². The fraction of sp³-hybridized carbons (Fsp3) is 0.381. The van der Waals surface area contributed by atoms with E-state index in [2.05, 4.69) is 40.4 Å². The van der Waals surface area contributed by atoms with E-state index < -0.39 is 0 Å². The number of nitrogens with zero attached hydrogens (tertiary/aromatic N) is 4. The number of nitrogens with one attached hydrogen (secondary N) is 1.